The Hall–Kier alpha value is -2.90. The number of nitrogens with zero attached hydrogens (tertiary/aromatic N) is 4. The van der Waals surface area contributed by atoms with Crippen LogP contribution in [0, 0.1) is 20.2 Å². The molecule has 0 spiro atoms. The molecule has 0 radical (unpaired) electrons. The van der Waals surface area contributed by atoms with Gasteiger partial charge in [-0.3, -0.25) is 20.2 Å². The fraction of sp³-hybridized carbons (Fsp3) is 0.474. The van der Waals surface area contributed by atoms with E-state index in [1.54, 1.807) is 0 Å². The summed E-state index contributed by atoms with van der Waals surface area (Å²) in [5.74, 6) is 0. The van der Waals surface area contributed by atoms with E-state index < -0.39 is 21.2 Å². The fourth-order valence-electron chi connectivity index (χ4n) is 2.48. The Bertz CT molecular complexity index is 681. The standard InChI is InChI=1S/C19H26N4O4/c1-3-5-6-7-8-9-10-11-12-16(4-2)20-21-17-13-18(22(24)25)15-19(14-17)23(26)27/h4,12-15H,2-3,5-11H2,1H3/b16-12+,21-20?. The molecule has 1 rings (SSSR count). The van der Waals surface area contributed by atoms with Crippen molar-refractivity contribution in [1.82, 2.24) is 0 Å². The van der Waals surface area contributed by atoms with Gasteiger partial charge in [0.2, 0.25) is 0 Å². The van der Waals surface area contributed by atoms with E-state index in [2.05, 4.69) is 23.7 Å². The molecule has 8 heteroatoms. The molecule has 0 saturated heterocycles. The molecule has 1 aromatic carbocycles. The highest BCUT2D eigenvalue weighted by atomic mass is 16.6. The van der Waals surface area contributed by atoms with Gasteiger partial charge in [0.05, 0.1) is 27.3 Å². The van der Waals surface area contributed by atoms with E-state index in [4.69, 9.17) is 0 Å². The number of non-ortho nitro benzene ring substituents is 2. The molecule has 0 aromatic heterocycles. The van der Waals surface area contributed by atoms with Gasteiger partial charge in [-0.2, -0.15) is 10.2 Å². The van der Waals surface area contributed by atoms with Crippen LogP contribution in [0.4, 0.5) is 17.1 Å². The predicted molar refractivity (Wildman–Crippen MR) is 105 cm³/mol. The molecular weight excluding hydrogens is 348 g/mol. The maximum absolute atomic E-state index is 10.9. The van der Waals surface area contributed by atoms with Gasteiger partial charge in [-0.05, 0) is 18.9 Å². The lowest BCUT2D eigenvalue weighted by Crippen LogP contribution is -1.92. The number of unbranched alkanes of at least 4 members (excludes halogenated alkanes) is 7. The third-order valence-corrected chi connectivity index (χ3v) is 3.96. The zero-order valence-corrected chi connectivity index (χ0v) is 15.7. The number of hydrogen-bond acceptors (Lipinski definition) is 6. The molecule has 0 saturated carbocycles. The van der Waals surface area contributed by atoms with Crippen molar-refractivity contribution in [3.8, 4) is 0 Å². The molecule has 0 aliphatic rings. The molecule has 1 aromatic rings. The van der Waals surface area contributed by atoms with Crippen LogP contribution in [0.3, 0.4) is 0 Å². The number of rotatable bonds is 13. The molecule has 0 fully saturated rings. The summed E-state index contributed by atoms with van der Waals surface area (Å²) in [7, 11) is 0. The second kappa shape index (κ2) is 12.5. The minimum Gasteiger partial charge on any atom is -0.258 e. The molecule has 146 valence electrons. The number of allylic oxidation sites excluding steroid dienone is 2. The van der Waals surface area contributed by atoms with Crippen molar-refractivity contribution in [1.29, 1.82) is 0 Å². The monoisotopic (exact) mass is 374 g/mol. The van der Waals surface area contributed by atoms with Crippen molar-refractivity contribution in [3.63, 3.8) is 0 Å². The number of azo groups is 1. The largest absolute Gasteiger partial charge is 0.278 e. The highest BCUT2D eigenvalue weighted by Crippen LogP contribution is 2.28. The SMILES string of the molecule is C=C/C(=C\CCCCCCCCC)N=Nc1cc([N+](=O)[O-])cc([N+](=O)[O-])c1. The molecule has 27 heavy (non-hydrogen) atoms. The topological polar surface area (TPSA) is 111 Å². The quantitative estimate of drug-likeness (QED) is 0.124. The predicted octanol–water partition coefficient (Wildman–Crippen LogP) is 6.80. The van der Waals surface area contributed by atoms with E-state index in [9.17, 15) is 20.2 Å². The van der Waals surface area contributed by atoms with E-state index in [0.29, 0.717) is 5.70 Å². The first-order valence-corrected chi connectivity index (χ1v) is 9.16. The summed E-state index contributed by atoms with van der Waals surface area (Å²) < 4.78 is 0. The van der Waals surface area contributed by atoms with Gasteiger partial charge in [0.1, 0.15) is 0 Å². The molecular formula is C19H26N4O4. The Labute approximate surface area is 159 Å². The number of benzene rings is 1. The smallest absolute Gasteiger partial charge is 0.258 e. The van der Waals surface area contributed by atoms with E-state index in [0.717, 1.165) is 37.5 Å². The highest BCUT2D eigenvalue weighted by Gasteiger charge is 2.16. The van der Waals surface area contributed by atoms with Crippen LogP contribution in [0.2, 0.25) is 0 Å². The lowest BCUT2D eigenvalue weighted by Gasteiger charge is -1.99. The van der Waals surface area contributed by atoms with E-state index in [1.807, 2.05) is 6.08 Å². The molecule has 8 nitrogen and oxygen atoms in total. The van der Waals surface area contributed by atoms with Crippen LogP contribution in [0.5, 0.6) is 0 Å². The zero-order chi connectivity index (χ0) is 20.1. The average molecular weight is 374 g/mol. The molecule has 0 heterocycles. The van der Waals surface area contributed by atoms with Crippen molar-refractivity contribution in [2.24, 2.45) is 10.2 Å². The van der Waals surface area contributed by atoms with Crippen molar-refractivity contribution in [2.75, 3.05) is 0 Å². The molecule has 0 N–H and O–H groups in total. The van der Waals surface area contributed by atoms with Crippen LogP contribution in [0.1, 0.15) is 58.3 Å². The van der Waals surface area contributed by atoms with Crippen LogP contribution in [-0.4, -0.2) is 9.85 Å². The van der Waals surface area contributed by atoms with Gasteiger partial charge in [0, 0.05) is 12.1 Å². The molecule has 0 unspecified atom stereocenters. The minimum absolute atomic E-state index is 0.0552. The van der Waals surface area contributed by atoms with Crippen molar-refractivity contribution in [2.45, 2.75) is 58.3 Å². The number of nitro groups is 2. The summed E-state index contributed by atoms with van der Waals surface area (Å²) >= 11 is 0. The van der Waals surface area contributed by atoms with E-state index in [-0.39, 0.29) is 5.69 Å². The number of hydrogen-bond donors (Lipinski definition) is 0. The summed E-state index contributed by atoms with van der Waals surface area (Å²) in [6.07, 6.45) is 12.8. The fourth-order valence-corrected chi connectivity index (χ4v) is 2.48. The van der Waals surface area contributed by atoms with Gasteiger partial charge in [-0.1, -0.05) is 58.1 Å². The minimum atomic E-state index is -0.698. The van der Waals surface area contributed by atoms with E-state index >= 15 is 0 Å². The summed E-state index contributed by atoms with van der Waals surface area (Å²) in [5, 5.41) is 29.7. The third kappa shape index (κ3) is 8.84. The summed E-state index contributed by atoms with van der Waals surface area (Å²) in [5.41, 5.74) is -0.203. The lowest BCUT2D eigenvalue weighted by molar-refractivity contribution is -0.394. The Morgan fingerprint density at radius 1 is 1.00 bits per heavy atom. The Morgan fingerprint density at radius 2 is 1.56 bits per heavy atom. The van der Waals surface area contributed by atoms with Gasteiger partial charge < -0.3 is 0 Å². The molecule has 0 atom stereocenters. The van der Waals surface area contributed by atoms with Crippen LogP contribution in [-0.2, 0) is 0 Å². The van der Waals surface area contributed by atoms with Gasteiger partial charge in [0.15, 0.2) is 0 Å². The van der Waals surface area contributed by atoms with Crippen LogP contribution >= 0.6 is 0 Å². The van der Waals surface area contributed by atoms with Gasteiger partial charge in [-0.15, -0.1) is 0 Å². The molecule has 0 aliphatic heterocycles. The summed E-state index contributed by atoms with van der Waals surface area (Å²) in [6.45, 7) is 5.87. The van der Waals surface area contributed by atoms with Crippen molar-refractivity contribution < 1.29 is 9.85 Å². The van der Waals surface area contributed by atoms with Crippen molar-refractivity contribution >= 4 is 17.1 Å². The van der Waals surface area contributed by atoms with Gasteiger partial charge >= 0.3 is 0 Å². The second-order valence-corrected chi connectivity index (χ2v) is 6.16. The first-order valence-electron chi connectivity index (χ1n) is 9.16. The van der Waals surface area contributed by atoms with Gasteiger partial charge in [0.25, 0.3) is 11.4 Å². The first-order chi connectivity index (χ1) is 13.0. The molecule has 0 aliphatic carbocycles. The summed E-state index contributed by atoms with van der Waals surface area (Å²) in [6, 6.07) is 3.19. The maximum Gasteiger partial charge on any atom is 0.278 e. The highest BCUT2D eigenvalue weighted by molar-refractivity contribution is 5.55. The van der Waals surface area contributed by atoms with E-state index in [1.165, 1.54) is 38.2 Å². The molecule has 0 amide bonds. The normalized spacial score (nSPS) is 11.7. The summed E-state index contributed by atoms with van der Waals surface area (Å²) in [4.78, 5) is 20.4. The zero-order valence-electron chi connectivity index (χ0n) is 15.7. The third-order valence-electron chi connectivity index (χ3n) is 3.96. The van der Waals surface area contributed by atoms with Crippen LogP contribution < -0.4 is 0 Å². The van der Waals surface area contributed by atoms with Crippen LogP contribution in [0.25, 0.3) is 0 Å². The Balaban J connectivity index is 2.65. The van der Waals surface area contributed by atoms with Gasteiger partial charge in [-0.25, -0.2) is 0 Å². The molecule has 0 bridgehead atoms. The van der Waals surface area contributed by atoms with Crippen LogP contribution in [0.15, 0.2) is 52.9 Å². The Kier molecular flexibility index (Phi) is 10.2. The average Bonchev–Trinajstić information content (AvgIpc) is 2.65. The first kappa shape index (κ1) is 22.1. The maximum atomic E-state index is 10.9. The van der Waals surface area contributed by atoms with Crippen molar-refractivity contribution in [3.05, 3.63) is 62.9 Å². The lowest BCUT2D eigenvalue weighted by atomic mass is 10.1. The second-order valence-electron chi connectivity index (χ2n) is 6.16. The number of nitro benzene ring substituents is 2. The Morgan fingerprint density at radius 3 is 2.07 bits per heavy atom.